The molecule has 61 heavy (non-hydrogen) atoms. The smallest absolute Gasteiger partial charge is 0.344 e. The summed E-state index contributed by atoms with van der Waals surface area (Å²) in [5.41, 5.74) is -1.71. The largest absolute Gasteiger partial charge is 0.496 e. The first kappa shape index (κ1) is 41.9. The molecule has 6 heterocycles. The van der Waals surface area contributed by atoms with E-state index in [1.807, 2.05) is 55.3 Å². The number of rotatable bonds is 9. The number of fused-ring (bicyclic) bond motifs is 6. The average Bonchev–Trinajstić information content (AvgIpc) is 3.90. The number of carboxylic acids is 1. The summed E-state index contributed by atoms with van der Waals surface area (Å²) in [6.07, 6.45) is 6.25. The predicted molar refractivity (Wildman–Crippen MR) is 230 cm³/mol. The highest BCUT2D eigenvalue weighted by Crippen LogP contribution is 2.68. The molecule has 13 heteroatoms. The number of methoxy groups -OCH3 is 2. The first-order valence-electron chi connectivity index (χ1n) is 22.2. The SMILES string of the molecule is CC[C@]1(OC(C)C)C[C@H]2CN(CCc3c([nH]c4ccccc34)[C@@](C(=O)O)(c3cc4c(cc3OC)N(C)[C@H]3[C@@](O)(C(=O)OC)[C@H](OC(C)=O)[C@]5(CC)C=CCN6CC[C@]43[C@@H]65)C2)C1. The number of carbonyl (C=O) groups excluding carboxylic acids is 2. The number of aromatic amines is 1. The Morgan fingerprint density at radius 2 is 1.79 bits per heavy atom. The molecule has 13 nitrogen and oxygen atoms in total. The summed E-state index contributed by atoms with van der Waals surface area (Å²) in [5, 5.41) is 26.6. The van der Waals surface area contributed by atoms with Gasteiger partial charge in [0.25, 0.3) is 0 Å². The number of ether oxygens (including phenoxy) is 4. The summed E-state index contributed by atoms with van der Waals surface area (Å²) in [6, 6.07) is 10.8. The molecule has 2 aromatic carbocycles. The minimum atomic E-state index is -2.32. The number of hydrogen-bond acceptors (Lipinski definition) is 11. The fourth-order valence-electron chi connectivity index (χ4n) is 14.0. The van der Waals surface area contributed by atoms with Crippen LogP contribution in [0.1, 0.15) is 89.1 Å². The van der Waals surface area contributed by atoms with E-state index >= 15 is 0 Å². The van der Waals surface area contributed by atoms with Crippen LogP contribution in [0.25, 0.3) is 10.9 Å². The monoisotopic (exact) mass is 838 g/mol. The average molecular weight is 839 g/mol. The van der Waals surface area contributed by atoms with Crippen molar-refractivity contribution in [2.75, 3.05) is 58.9 Å². The number of anilines is 1. The number of aliphatic hydroxyl groups is 1. The Bertz CT molecular complexity index is 2310. The molecule has 328 valence electrons. The first-order valence-corrected chi connectivity index (χ1v) is 22.2. The summed E-state index contributed by atoms with van der Waals surface area (Å²) < 4.78 is 24.8. The van der Waals surface area contributed by atoms with Crippen LogP contribution in [-0.4, -0.2) is 132 Å². The standard InChI is InChI=1S/C48H62N4O9/c1-9-44(61-28(3)4)24-30-25-47(42(54)55,38-32(16-20-51(26-30)27-44)31-14-11-12-15-35(31)49-38)34-22-33-36(23-37(34)58-7)50(6)40-46(33)18-21-52-19-13-17-45(10-2,39(46)52)41(60-29(5)53)48(40,57)43(56)59-8/h11-15,17,22-23,28,30,39-41,49,57H,9-10,16,18-21,24-27H2,1-8H3,(H,54,55)/t30-,39+,40-,41-,44+,45-,46-,47+,48+/m1/s1. The third-order valence-corrected chi connectivity index (χ3v) is 15.9. The van der Waals surface area contributed by atoms with Gasteiger partial charge in [-0.05, 0) is 88.1 Å². The molecule has 6 aliphatic rings. The van der Waals surface area contributed by atoms with E-state index in [2.05, 4.69) is 47.7 Å². The summed E-state index contributed by atoms with van der Waals surface area (Å²) >= 11 is 0. The number of nitrogens with zero attached hydrogens (tertiary/aromatic N) is 3. The fraction of sp³-hybridized carbons (Fsp3) is 0.604. The van der Waals surface area contributed by atoms with Crippen LogP contribution in [-0.2, 0) is 45.8 Å². The molecule has 3 N–H and O–H groups in total. The lowest BCUT2D eigenvalue weighted by molar-refractivity contribution is -0.228. The Balaban J connectivity index is 1.34. The van der Waals surface area contributed by atoms with Crippen LogP contribution in [0.4, 0.5) is 5.69 Å². The van der Waals surface area contributed by atoms with Gasteiger partial charge in [-0.15, -0.1) is 0 Å². The number of aliphatic carboxylic acids is 1. The van der Waals surface area contributed by atoms with Crippen molar-refractivity contribution in [3.8, 4) is 5.75 Å². The van der Waals surface area contributed by atoms with Crippen molar-refractivity contribution in [3.05, 3.63) is 70.9 Å². The number of H-pyrrole nitrogens is 1. The van der Waals surface area contributed by atoms with E-state index in [4.69, 9.17) is 18.9 Å². The Kier molecular flexibility index (Phi) is 10.0. The van der Waals surface area contributed by atoms with E-state index in [0.717, 1.165) is 53.8 Å². The number of nitrogens with one attached hydrogen (secondary N) is 1. The predicted octanol–water partition coefficient (Wildman–Crippen LogP) is 5.34. The summed E-state index contributed by atoms with van der Waals surface area (Å²) in [5.74, 6) is -2.13. The van der Waals surface area contributed by atoms with Gasteiger partial charge in [-0.3, -0.25) is 19.4 Å². The van der Waals surface area contributed by atoms with E-state index in [-0.39, 0.29) is 24.5 Å². The molecule has 1 saturated carbocycles. The van der Waals surface area contributed by atoms with Crippen molar-refractivity contribution in [2.45, 2.75) is 119 Å². The molecule has 2 saturated heterocycles. The third-order valence-electron chi connectivity index (χ3n) is 15.9. The molecule has 2 bridgehead atoms. The maximum Gasteiger partial charge on any atom is 0.344 e. The van der Waals surface area contributed by atoms with Crippen molar-refractivity contribution in [1.29, 1.82) is 0 Å². The zero-order valence-electron chi connectivity index (χ0n) is 36.9. The Morgan fingerprint density at radius 3 is 2.46 bits per heavy atom. The fourth-order valence-corrected chi connectivity index (χ4v) is 14.0. The van der Waals surface area contributed by atoms with Crippen molar-refractivity contribution in [3.63, 3.8) is 0 Å². The second-order valence-electron chi connectivity index (χ2n) is 19.1. The molecule has 10 atom stereocenters. The highest BCUT2D eigenvalue weighted by atomic mass is 16.6. The molecular weight excluding hydrogens is 777 g/mol. The Labute approximate surface area is 358 Å². The van der Waals surface area contributed by atoms with Crippen LogP contribution in [0.5, 0.6) is 5.75 Å². The molecule has 1 spiro atoms. The lowest BCUT2D eigenvalue weighted by Crippen LogP contribution is -2.81. The number of piperidine rings is 1. The lowest BCUT2D eigenvalue weighted by atomic mass is 9.47. The third kappa shape index (κ3) is 5.61. The van der Waals surface area contributed by atoms with E-state index in [0.29, 0.717) is 55.8 Å². The number of aromatic nitrogens is 1. The molecule has 3 fully saturated rings. The minimum absolute atomic E-state index is 0.00278. The van der Waals surface area contributed by atoms with Crippen LogP contribution in [0.15, 0.2) is 48.6 Å². The molecule has 1 aliphatic carbocycles. The van der Waals surface area contributed by atoms with Crippen LogP contribution >= 0.6 is 0 Å². The van der Waals surface area contributed by atoms with Crippen LogP contribution in [0, 0.1) is 11.3 Å². The van der Waals surface area contributed by atoms with Gasteiger partial charge in [-0.1, -0.05) is 44.2 Å². The van der Waals surface area contributed by atoms with E-state index in [9.17, 15) is 24.6 Å². The Hall–Kier alpha value is -4.43. The van der Waals surface area contributed by atoms with E-state index in [1.54, 1.807) is 7.11 Å². The molecular formula is C48H62N4O9. The van der Waals surface area contributed by atoms with Crippen LogP contribution in [0.3, 0.4) is 0 Å². The summed E-state index contributed by atoms with van der Waals surface area (Å²) in [7, 11) is 4.69. The topological polar surface area (TPSA) is 154 Å². The molecule has 0 radical (unpaired) electrons. The molecule has 9 rings (SSSR count). The quantitative estimate of drug-likeness (QED) is 0.189. The number of hydrogen-bond donors (Lipinski definition) is 3. The first-order chi connectivity index (χ1) is 29.1. The van der Waals surface area contributed by atoms with Gasteiger partial charge < -0.3 is 39.0 Å². The van der Waals surface area contributed by atoms with Crippen molar-refractivity contribution in [2.24, 2.45) is 11.3 Å². The molecule has 1 aromatic heterocycles. The minimum Gasteiger partial charge on any atom is -0.496 e. The van der Waals surface area contributed by atoms with Crippen molar-refractivity contribution in [1.82, 2.24) is 14.8 Å². The van der Waals surface area contributed by atoms with Crippen molar-refractivity contribution >= 4 is 34.5 Å². The molecule has 5 aliphatic heterocycles. The lowest BCUT2D eigenvalue weighted by Gasteiger charge is -2.63. The van der Waals surface area contributed by atoms with Crippen molar-refractivity contribution < 1.29 is 43.5 Å². The summed E-state index contributed by atoms with van der Waals surface area (Å²) in [4.78, 5) is 52.9. The number of benzene rings is 2. The van der Waals surface area contributed by atoms with E-state index in [1.165, 1.54) is 14.0 Å². The zero-order chi connectivity index (χ0) is 43.4. The number of carbonyl (C=O) groups is 3. The molecule has 0 amide bonds. The zero-order valence-corrected chi connectivity index (χ0v) is 36.9. The second-order valence-corrected chi connectivity index (χ2v) is 19.1. The number of carboxylic acid groups (broad SMARTS) is 1. The molecule has 1 unspecified atom stereocenters. The van der Waals surface area contributed by atoms with Gasteiger partial charge in [0.05, 0.1) is 32.0 Å². The van der Waals surface area contributed by atoms with Gasteiger partial charge in [0, 0.05) is 90.9 Å². The maximum atomic E-state index is 14.9. The normalized spacial score (nSPS) is 36.3. The van der Waals surface area contributed by atoms with E-state index < -0.39 is 57.5 Å². The Morgan fingerprint density at radius 1 is 1.02 bits per heavy atom. The van der Waals surface area contributed by atoms with Crippen LogP contribution in [0.2, 0.25) is 0 Å². The van der Waals surface area contributed by atoms with Gasteiger partial charge >= 0.3 is 17.9 Å². The highest BCUT2D eigenvalue weighted by molar-refractivity contribution is 5.94. The maximum absolute atomic E-state index is 14.9. The number of esters is 2. The molecule has 3 aromatic rings. The second kappa shape index (κ2) is 14.6. The highest BCUT2D eigenvalue weighted by Gasteiger charge is 2.80. The van der Waals surface area contributed by atoms with Gasteiger partial charge in [-0.2, -0.15) is 0 Å². The summed E-state index contributed by atoms with van der Waals surface area (Å²) in [6.45, 7) is 13.2. The van der Waals surface area contributed by atoms with Gasteiger partial charge in [0.2, 0.25) is 5.60 Å². The van der Waals surface area contributed by atoms with Crippen LogP contribution < -0.4 is 9.64 Å². The van der Waals surface area contributed by atoms with Gasteiger partial charge in [0.1, 0.15) is 11.2 Å². The number of likely N-dealkylation sites (N-methyl/N-ethyl adjacent to an activating group) is 1. The number of para-hydroxylation sites is 1. The van der Waals surface area contributed by atoms with Gasteiger partial charge in [0.15, 0.2) is 6.10 Å². The van der Waals surface area contributed by atoms with Gasteiger partial charge in [-0.25, -0.2) is 4.79 Å².